The Balaban J connectivity index is 0.848. The number of fused-ring (bicyclic) bond motifs is 1. The molecule has 0 aliphatic carbocycles. The zero-order chi connectivity index (χ0) is 41.4. The smallest absolute Gasteiger partial charge is 0.264 e. The van der Waals surface area contributed by atoms with Crippen LogP contribution in [0.3, 0.4) is 0 Å². The molecule has 2 saturated heterocycles. The fraction of sp³-hybridized carbons (Fsp3) is 0.450. The molecule has 0 bridgehead atoms. The molecule has 0 radical (unpaired) electrons. The molecule has 58 heavy (non-hydrogen) atoms. The minimum Gasteiger partial charge on any atom is -0.384 e. The van der Waals surface area contributed by atoms with Crippen LogP contribution in [-0.2, 0) is 19.2 Å². The molecular weight excluding hydrogens is 784 g/mol. The number of halogens is 1. The normalized spacial score (nSPS) is 17.5. The highest BCUT2D eigenvalue weighted by atomic mass is 35.5. The first kappa shape index (κ1) is 42.3. The number of imide groups is 2. The van der Waals surface area contributed by atoms with Crippen LogP contribution in [0.15, 0.2) is 52.5 Å². The molecule has 1 atom stereocenters. The summed E-state index contributed by atoms with van der Waals surface area (Å²) in [6.45, 7) is 4.64. The van der Waals surface area contributed by atoms with E-state index < -0.39 is 35.6 Å². The Hall–Kier alpha value is -5.26. The molecule has 3 aliphatic heterocycles. The molecule has 2 fully saturated rings. The molecule has 18 heteroatoms. The molecule has 6 amide bonds. The van der Waals surface area contributed by atoms with Crippen LogP contribution in [0.5, 0.6) is 0 Å². The standard InChI is InChI=1S/C40H49ClN10O6S/c1-40(43)16-20-50(21-17-40)29-23-46-37(35(42)48-29)58-28-13-9-12-26(34(28)41)47-32(54)22-31(53)45-19-7-5-3-2-4-6-18-44-25-11-8-10-24-33(25)39(57)51(38(24)56)27-14-15-30(52)49-36(27)55/h8-13,23,27,44H,2-7,14-22,43H2,1H3,(H2,42,48)(H,45,53)(H,47,54)(H,49,52,55). The second-order valence-electron chi connectivity index (χ2n) is 15.1. The van der Waals surface area contributed by atoms with E-state index in [-0.39, 0.29) is 47.7 Å². The zero-order valence-electron chi connectivity index (χ0n) is 32.4. The fourth-order valence-corrected chi connectivity index (χ4v) is 8.22. The van der Waals surface area contributed by atoms with Crippen molar-refractivity contribution in [1.29, 1.82) is 0 Å². The summed E-state index contributed by atoms with van der Waals surface area (Å²) >= 11 is 7.88. The van der Waals surface area contributed by atoms with Crippen molar-refractivity contribution in [3.05, 3.63) is 58.7 Å². The van der Waals surface area contributed by atoms with Crippen molar-refractivity contribution in [3.63, 3.8) is 0 Å². The quantitative estimate of drug-likeness (QED) is 0.0626. The summed E-state index contributed by atoms with van der Waals surface area (Å²) in [5, 5.41) is 11.8. The van der Waals surface area contributed by atoms with Gasteiger partial charge in [-0.15, -0.1) is 0 Å². The Morgan fingerprint density at radius 2 is 1.64 bits per heavy atom. The molecule has 4 heterocycles. The van der Waals surface area contributed by atoms with Gasteiger partial charge in [-0.25, -0.2) is 9.97 Å². The first-order valence-electron chi connectivity index (χ1n) is 19.6. The third-order valence-electron chi connectivity index (χ3n) is 10.5. The van der Waals surface area contributed by atoms with Gasteiger partial charge in [-0.05, 0) is 63.3 Å². The number of aromatic nitrogens is 2. The maximum atomic E-state index is 13.3. The average molecular weight is 833 g/mol. The second-order valence-corrected chi connectivity index (χ2v) is 16.5. The van der Waals surface area contributed by atoms with Gasteiger partial charge >= 0.3 is 0 Å². The lowest BCUT2D eigenvalue weighted by molar-refractivity contribution is -0.136. The summed E-state index contributed by atoms with van der Waals surface area (Å²) in [5.41, 5.74) is 13.7. The van der Waals surface area contributed by atoms with Crippen molar-refractivity contribution >= 4 is 81.8 Å². The second kappa shape index (κ2) is 19.0. The predicted octanol–water partition coefficient (Wildman–Crippen LogP) is 4.48. The average Bonchev–Trinajstić information content (AvgIpc) is 3.43. The molecular formula is C40H49ClN10O6S. The summed E-state index contributed by atoms with van der Waals surface area (Å²) < 4.78 is 0. The highest BCUT2D eigenvalue weighted by Gasteiger charge is 2.45. The van der Waals surface area contributed by atoms with Crippen LogP contribution < -0.4 is 37.6 Å². The number of carbonyl (C=O) groups excluding carboxylic acids is 6. The van der Waals surface area contributed by atoms with Crippen LogP contribution >= 0.6 is 23.4 Å². The van der Waals surface area contributed by atoms with E-state index in [1.165, 1.54) is 11.8 Å². The van der Waals surface area contributed by atoms with E-state index in [0.717, 1.165) is 69.4 Å². The summed E-state index contributed by atoms with van der Waals surface area (Å²) in [6, 6.07) is 9.20. The number of piperidine rings is 2. The Kier molecular flexibility index (Phi) is 13.9. The molecule has 3 aliphatic rings. The van der Waals surface area contributed by atoms with Gasteiger partial charge in [0.15, 0.2) is 5.82 Å². The third kappa shape index (κ3) is 10.4. The summed E-state index contributed by atoms with van der Waals surface area (Å²) in [4.78, 5) is 88.2. The van der Waals surface area contributed by atoms with Gasteiger partial charge in [0.2, 0.25) is 23.6 Å². The number of nitrogens with zero attached hydrogens (tertiary/aromatic N) is 4. The number of unbranched alkanes of at least 4 members (excludes halogenated alkanes) is 5. The van der Waals surface area contributed by atoms with Crippen molar-refractivity contribution in [2.45, 2.75) is 99.1 Å². The van der Waals surface area contributed by atoms with Gasteiger partial charge in [-0.3, -0.25) is 39.0 Å². The Bertz CT molecular complexity index is 2070. The largest absolute Gasteiger partial charge is 0.384 e. The molecule has 0 saturated carbocycles. The Morgan fingerprint density at radius 3 is 2.36 bits per heavy atom. The van der Waals surface area contributed by atoms with Crippen LogP contribution in [-0.4, -0.2) is 88.1 Å². The molecule has 0 spiro atoms. The van der Waals surface area contributed by atoms with Crippen LogP contribution in [0.25, 0.3) is 0 Å². The molecule has 1 aromatic heterocycles. The maximum Gasteiger partial charge on any atom is 0.264 e. The zero-order valence-corrected chi connectivity index (χ0v) is 34.0. The molecule has 6 rings (SSSR count). The lowest BCUT2D eigenvalue weighted by Crippen LogP contribution is -2.54. The van der Waals surface area contributed by atoms with Crippen molar-refractivity contribution < 1.29 is 28.8 Å². The van der Waals surface area contributed by atoms with Crippen molar-refractivity contribution in [2.24, 2.45) is 5.73 Å². The van der Waals surface area contributed by atoms with Gasteiger partial charge in [0.05, 0.1) is 28.0 Å². The van der Waals surface area contributed by atoms with Crippen molar-refractivity contribution in [3.8, 4) is 0 Å². The molecule has 16 nitrogen and oxygen atoms in total. The number of rotatable bonds is 17. The van der Waals surface area contributed by atoms with Gasteiger partial charge < -0.3 is 32.3 Å². The van der Waals surface area contributed by atoms with E-state index in [1.807, 2.05) is 0 Å². The van der Waals surface area contributed by atoms with E-state index in [1.54, 1.807) is 42.6 Å². The number of anilines is 4. The number of hydrogen-bond acceptors (Lipinski definition) is 13. The van der Waals surface area contributed by atoms with Gasteiger partial charge in [-0.2, -0.15) is 0 Å². The third-order valence-corrected chi connectivity index (χ3v) is 12.0. The van der Waals surface area contributed by atoms with E-state index in [9.17, 15) is 28.8 Å². The lowest BCUT2D eigenvalue weighted by Gasteiger charge is -2.37. The monoisotopic (exact) mass is 832 g/mol. The SMILES string of the molecule is CC1(N)CCN(c2cnc(Sc3cccc(NC(=O)CC(=O)NCCCCCCCCNc4cccc5c4C(=O)N(C4CCC(=O)NC4=O)C5=O)c3Cl)c(N)n2)CC1. The Morgan fingerprint density at radius 1 is 0.948 bits per heavy atom. The number of hydrogen-bond donors (Lipinski definition) is 6. The van der Waals surface area contributed by atoms with Gasteiger partial charge in [0, 0.05) is 48.7 Å². The highest BCUT2D eigenvalue weighted by molar-refractivity contribution is 7.99. The Labute approximate surface area is 346 Å². The van der Waals surface area contributed by atoms with E-state index in [0.29, 0.717) is 45.2 Å². The van der Waals surface area contributed by atoms with Gasteiger partial charge in [0.1, 0.15) is 23.3 Å². The number of nitrogens with two attached hydrogens (primary N) is 2. The number of nitrogen functional groups attached to an aromatic ring is 1. The molecule has 8 N–H and O–H groups in total. The maximum absolute atomic E-state index is 13.3. The topological polar surface area (TPSA) is 235 Å². The van der Waals surface area contributed by atoms with Crippen LogP contribution in [0.1, 0.15) is 98.3 Å². The van der Waals surface area contributed by atoms with E-state index in [2.05, 4.69) is 43.1 Å². The molecule has 2 aromatic carbocycles. The van der Waals surface area contributed by atoms with E-state index in [4.69, 9.17) is 23.1 Å². The highest BCUT2D eigenvalue weighted by Crippen LogP contribution is 2.39. The van der Waals surface area contributed by atoms with Crippen LogP contribution in [0.4, 0.5) is 23.0 Å². The van der Waals surface area contributed by atoms with Crippen LogP contribution in [0.2, 0.25) is 5.02 Å². The number of nitrogens with one attached hydrogen (secondary N) is 4. The van der Waals surface area contributed by atoms with Crippen molar-refractivity contribution in [2.75, 3.05) is 47.4 Å². The molecule has 308 valence electrons. The first-order valence-corrected chi connectivity index (χ1v) is 20.8. The van der Waals surface area contributed by atoms with Crippen molar-refractivity contribution in [1.82, 2.24) is 25.5 Å². The van der Waals surface area contributed by atoms with E-state index >= 15 is 0 Å². The molecule has 1 unspecified atom stereocenters. The minimum atomic E-state index is -1.01. The fourth-order valence-electron chi connectivity index (χ4n) is 7.12. The van der Waals surface area contributed by atoms with Gasteiger partial charge in [-0.1, -0.05) is 61.2 Å². The number of carbonyl (C=O) groups is 6. The first-order chi connectivity index (χ1) is 27.8. The van der Waals surface area contributed by atoms with Crippen LogP contribution in [0, 0.1) is 0 Å². The number of amides is 6. The minimum absolute atomic E-state index is 0.0656. The summed E-state index contributed by atoms with van der Waals surface area (Å²) in [7, 11) is 0. The predicted molar refractivity (Wildman–Crippen MR) is 222 cm³/mol. The summed E-state index contributed by atoms with van der Waals surface area (Å²) in [6.07, 6.45) is 8.59. The lowest BCUT2D eigenvalue weighted by atomic mass is 9.91. The summed E-state index contributed by atoms with van der Waals surface area (Å²) in [5.74, 6) is -2.03. The number of benzene rings is 2. The van der Waals surface area contributed by atoms with Gasteiger partial charge in [0.25, 0.3) is 11.8 Å². The molecule has 3 aromatic rings.